The van der Waals surface area contributed by atoms with E-state index in [4.69, 9.17) is 0 Å². The number of hydrogen-bond donors (Lipinski definition) is 1. The average molecular weight is 387 g/mol. The van der Waals surface area contributed by atoms with Crippen LogP contribution in [0.1, 0.15) is 105 Å². The Morgan fingerprint density at radius 2 is 1.79 bits per heavy atom. The fraction of sp³-hybridized carbons (Fsp3) is 0.926. The molecule has 0 heterocycles. The zero-order valence-electron chi connectivity index (χ0n) is 19.3. The van der Waals surface area contributed by atoms with Gasteiger partial charge in [-0.1, -0.05) is 65.5 Å². The van der Waals surface area contributed by atoms with Crippen molar-refractivity contribution in [1.29, 1.82) is 0 Å². The molecule has 3 saturated carbocycles. The number of rotatable bonds is 5. The molecule has 4 aliphatic rings. The lowest BCUT2D eigenvalue weighted by atomic mass is 9.47. The molecule has 160 valence electrons. The summed E-state index contributed by atoms with van der Waals surface area (Å²) < 4.78 is 0. The first-order chi connectivity index (χ1) is 13.3. The molecule has 3 fully saturated rings. The predicted octanol–water partition coefficient (Wildman–Crippen LogP) is 7.39. The van der Waals surface area contributed by atoms with Gasteiger partial charge in [-0.25, -0.2) is 0 Å². The standard InChI is InChI=1S/C27H46O/c1-18(2)7-6-8-19(3)23-11-12-24-22-10-9-20-17-21(28)13-15-26(20,4)25(22)14-16-27(23,24)5/h9,18-19,21-25,28H,6-8,10-17H2,1-5H3/t19-,21+,22+,23+,24-,25+,26+,27-/m1/s1. The van der Waals surface area contributed by atoms with Crippen LogP contribution in [0, 0.1) is 46.3 Å². The summed E-state index contributed by atoms with van der Waals surface area (Å²) in [6.07, 6.45) is 17.2. The molecule has 0 unspecified atom stereocenters. The topological polar surface area (TPSA) is 20.2 Å². The summed E-state index contributed by atoms with van der Waals surface area (Å²) >= 11 is 0. The van der Waals surface area contributed by atoms with Crippen molar-refractivity contribution >= 4 is 0 Å². The molecule has 0 spiro atoms. The summed E-state index contributed by atoms with van der Waals surface area (Å²) in [7, 11) is 0. The highest BCUT2D eigenvalue weighted by atomic mass is 16.3. The van der Waals surface area contributed by atoms with E-state index in [9.17, 15) is 5.11 Å². The maximum Gasteiger partial charge on any atom is 0.0577 e. The van der Waals surface area contributed by atoms with Crippen LogP contribution < -0.4 is 0 Å². The van der Waals surface area contributed by atoms with Crippen molar-refractivity contribution in [1.82, 2.24) is 0 Å². The highest BCUT2D eigenvalue weighted by Gasteiger charge is 2.59. The number of aliphatic hydroxyl groups is 1. The molecule has 1 nitrogen and oxygen atoms in total. The lowest BCUT2D eigenvalue weighted by Crippen LogP contribution is -2.50. The minimum atomic E-state index is -0.0766. The van der Waals surface area contributed by atoms with Gasteiger partial charge in [0.05, 0.1) is 6.10 Å². The van der Waals surface area contributed by atoms with Crippen molar-refractivity contribution in [3.8, 4) is 0 Å². The molecule has 1 N–H and O–H groups in total. The fourth-order valence-electron chi connectivity index (χ4n) is 8.67. The lowest BCUT2D eigenvalue weighted by Gasteiger charge is -2.58. The van der Waals surface area contributed by atoms with Crippen molar-refractivity contribution in [3.63, 3.8) is 0 Å². The molecule has 0 amide bonds. The Labute approximate surface area is 174 Å². The Morgan fingerprint density at radius 1 is 1.00 bits per heavy atom. The van der Waals surface area contributed by atoms with Crippen LogP contribution >= 0.6 is 0 Å². The quantitative estimate of drug-likeness (QED) is 0.488. The van der Waals surface area contributed by atoms with Gasteiger partial charge in [0, 0.05) is 0 Å². The summed E-state index contributed by atoms with van der Waals surface area (Å²) in [4.78, 5) is 0. The van der Waals surface area contributed by atoms with Gasteiger partial charge in [0.2, 0.25) is 0 Å². The van der Waals surface area contributed by atoms with Gasteiger partial charge in [-0.2, -0.15) is 0 Å². The summed E-state index contributed by atoms with van der Waals surface area (Å²) in [5, 5.41) is 10.2. The molecule has 4 rings (SSSR count). The Morgan fingerprint density at radius 3 is 2.54 bits per heavy atom. The van der Waals surface area contributed by atoms with E-state index in [1.54, 1.807) is 5.57 Å². The van der Waals surface area contributed by atoms with Crippen molar-refractivity contribution in [2.45, 2.75) is 111 Å². The maximum absolute atomic E-state index is 10.2. The highest BCUT2D eigenvalue weighted by Crippen LogP contribution is 2.67. The van der Waals surface area contributed by atoms with Gasteiger partial charge >= 0.3 is 0 Å². The first-order valence-electron chi connectivity index (χ1n) is 12.6. The van der Waals surface area contributed by atoms with E-state index < -0.39 is 0 Å². The van der Waals surface area contributed by atoms with Crippen LogP contribution in [0.4, 0.5) is 0 Å². The monoisotopic (exact) mass is 386 g/mol. The molecule has 8 atom stereocenters. The minimum absolute atomic E-state index is 0.0766. The average Bonchev–Trinajstić information content (AvgIpc) is 2.99. The van der Waals surface area contributed by atoms with Crippen LogP contribution in [0.2, 0.25) is 0 Å². The first-order valence-corrected chi connectivity index (χ1v) is 12.6. The molecule has 0 aliphatic heterocycles. The second kappa shape index (κ2) is 7.75. The fourth-order valence-corrected chi connectivity index (χ4v) is 8.67. The van der Waals surface area contributed by atoms with Crippen LogP contribution in [0.25, 0.3) is 0 Å². The van der Waals surface area contributed by atoms with E-state index in [-0.39, 0.29) is 6.10 Å². The Kier molecular flexibility index (Phi) is 5.80. The molecule has 4 aliphatic carbocycles. The summed E-state index contributed by atoms with van der Waals surface area (Å²) in [6, 6.07) is 0. The molecule has 0 aromatic heterocycles. The van der Waals surface area contributed by atoms with Gasteiger partial charge in [-0.15, -0.1) is 0 Å². The van der Waals surface area contributed by atoms with Gasteiger partial charge < -0.3 is 5.11 Å². The summed E-state index contributed by atoms with van der Waals surface area (Å²) in [5.74, 6) is 5.46. The van der Waals surface area contributed by atoms with Crippen molar-refractivity contribution < 1.29 is 5.11 Å². The van der Waals surface area contributed by atoms with Crippen molar-refractivity contribution in [3.05, 3.63) is 11.6 Å². The third kappa shape index (κ3) is 3.42. The zero-order valence-corrected chi connectivity index (χ0v) is 19.3. The summed E-state index contributed by atoms with van der Waals surface area (Å²) in [5.41, 5.74) is 2.60. The number of allylic oxidation sites excluding steroid dienone is 1. The molecule has 1 heteroatoms. The van der Waals surface area contributed by atoms with Crippen molar-refractivity contribution in [2.24, 2.45) is 46.3 Å². The minimum Gasteiger partial charge on any atom is -0.393 e. The van der Waals surface area contributed by atoms with Crippen LogP contribution in [0.15, 0.2) is 11.6 Å². The first kappa shape index (κ1) is 21.0. The largest absolute Gasteiger partial charge is 0.393 e. The zero-order chi connectivity index (χ0) is 20.1. The molecule has 0 radical (unpaired) electrons. The Balaban J connectivity index is 1.49. The lowest BCUT2D eigenvalue weighted by molar-refractivity contribution is -0.0573. The van der Waals surface area contributed by atoms with E-state index in [2.05, 4.69) is 40.7 Å². The Hall–Kier alpha value is -0.300. The van der Waals surface area contributed by atoms with Crippen molar-refractivity contribution in [2.75, 3.05) is 0 Å². The predicted molar refractivity (Wildman–Crippen MR) is 119 cm³/mol. The molecule has 0 bridgehead atoms. The van der Waals surface area contributed by atoms with E-state index in [1.165, 1.54) is 57.8 Å². The van der Waals surface area contributed by atoms with Crippen LogP contribution in [0.5, 0.6) is 0 Å². The molecule has 0 aromatic carbocycles. The molecular formula is C27H46O. The summed E-state index contributed by atoms with van der Waals surface area (Å²) in [6.45, 7) is 12.6. The van der Waals surface area contributed by atoms with Gasteiger partial charge in [-0.3, -0.25) is 0 Å². The number of fused-ring (bicyclic) bond motifs is 5. The van der Waals surface area contributed by atoms with E-state index >= 15 is 0 Å². The number of aliphatic hydroxyl groups excluding tert-OH is 1. The van der Waals surface area contributed by atoms with Crippen LogP contribution in [-0.4, -0.2) is 11.2 Å². The molecular weight excluding hydrogens is 340 g/mol. The van der Waals surface area contributed by atoms with Gasteiger partial charge in [0.15, 0.2) is 0 Å². The van der Waals surface area contributed by atoms with Gasteiger partial charge in [0.1, 0.15) is 0 Å². The smallest absolute Gasteiger partial charge is 0.0577 e. The Bertz CT molecular complexity index is 591. The number of hydrogen-bond acceptors (Lipinski definition) is 1. The van der Waals surface area contributed by atoms with Gasteiger partial charge in [-0.05, 0) is 97.7 Å². The normalized spacial score (nSPS) is 46.5. The van der Waals surface area contributed by atoms with Gasteiger partial charge in [0.25, 0.3) is 0 Å². The van der Waals surface area contributed by atoms with Crippen LogP contribution in [-0.2, 0) is 0 Å². The molecule has 0 aromatic rings. The third-order valence-electron chi connectivity index (χ3n) is 10.3. The maximum atomic E-state index is 10.2. The highest BCUT2D eigenvalue weighted by molar-refractivity contribution is 5.25. The SMILES string of the molecule is CC(C)CCC[C@@H](C)[C@@H]1CC[C@@H]2[C@@H]3CC=C4C[C@@H](O)CC[C@]4(C)[C@H]3CC[C@@]21C. The third-order valence-corrected chi connectivity index (χ3v) is 10.3. The molecule has 0 saturated heterocycles. The second-order valence-corrected chi connectivity index (χ2v) is 12.2. The van der Waals surface area contributed by atoms with Crippen LogP contribution in [0.3, 0.4) is 0 Å². The molecule has 28 heavy (non-hydrogen) atoms. The van der Waals surface area contributed by atoms with E-state index in [1.807, 2.05) is 0 Å². The van der Waals surface area contributed by atoms with E-state index in [0.717, 1.165) is 48.3 Å². The second-order valence-electron chi connectivity index (χ2n) is 12.2. The van der Waals surface area contributed by atoms with E-state index in [0.29, 0.717) is 10.8 Å².